The normalized spacial score (nSPS) is 10.3. The molecular weight excluding hydrogens is 261 g/mol. The van der Waals surface area contributed by atoms with Gasteiger partial charge in [-0.2, -0.15) is 0 Å². The molecule has 0 fully saturated rings. The molecule has 0 saturated carbocycles. The van der Waals surface area contributed by atoms with Crippen molar-refractivity contribution >= 4 is 11.7 Å². The molecule has 1 heterocycles. The Labute approximate surface area is 118 Å². The van der Waals surface area contributed by atoms with Gasteiger partial charge in [0.15, 0.2) is 11.6 Å². The number of amides is 1. The van der Waals surface area contributed by atoms with Crippen LogP contribution in [0.3, 0.4) is 0 Å². The highest BCUT2D eigenvalue weighted by Crippen LogP contribution is 2.14. The number of rotatable bonds is 9. The van der Waals surface area contributed by atoms with Crippen molar-refractivity contribution in [1.82, 2.24) is 10.3 Å². The molecule has 0 spiro atoms. The minimum Gasteiger partial charge on any atom is -0.381 e. The molecule has 0 aliphatic heterocycles. The van der Waals surface area contributed by atoms with Crippen LogP contribution < -0.4 is 10.6 Å². The third-order valence-corrected chi connectivity index (χ3v) is 2.58. The van der Waals surface area contributed by atoms with E-state index in [0.29, 0.717) is 26.1 Å². The minimum atomic E-state index is -0.617. The summed E-state index contributed by atoms with van der Waals surface area (Å²) in [6.45, 7) is 6.19. The van der Waals surface area contributed by atoms with Crippen LogP contribution >= 0.6 is 0 Å². The lowest BCUT2D eigenvalue weighted by Gasteiger charge is -2.09. The van der Waals surface area contributed by atoms with E-state index >= 15 is 0 Å². The second kappa shape index (κ2) is 9.25. The lowest BCUT2D eigenvalue weighted by molar-refractivity contribution is 0.0937. The van der Waals surface area contributed by atoms with Crippen molar-refractivity contribution in [3.8, 4) is 0 Å². The summed E-state index contributed by atoms with van der Waals surface area (Å²) in [6, 6.07) is 1.37. The standard InChI is InChI=1S/C14H22FN3O2/c1-3-9-20-10-5-7-18-14(19)11-6-8-17-13(12(11)15)16-4-2/h6,8H,3-5,7,9-10H2,1-2H3,(H,16,17)(H,18,19). The molecule has 1 amide bonds. The predicted octanol–water partition coefficient (Wildman–Crippen LogP) is 2.20. The summed E-state index contributed by atoms with van der Waals surface area (Å²) in [5.41, 5.74) is 0.00502. The van der Waals surface area contributed by atoms with Gasteiger partial charge in [-0.05, 0) is 25.8 Å². The highest BCUT2D eigenvalue weighted by atomic mass is 19.1. The Balaban J connectivity index is 2.45. The number of carbonyl (C=O) groups is 1. The molecule has 5 nitrogen and oxygen atoms in total. The van der Waals surface area contributed by atoms with Crippen LogP contribution in [0.1, 0.15) is 37.0 Å². The van der Waals surface area contributed by atoms with Gasteiger partial charge in [-0.15, -0.1) is 0 Å². The van der Waals surface area contributed by atoms with Crippen LogP contribution in [0.4, 0.5) is 10.2 Å². The van der Waals surface area contributed by atoms with E-state index < -0.39 is 11.7 Å². The lowest BCUT2D eigenvalue weighted by Crippen LogP contribution is -2.26. The maximum Gasteiger partial charge on any atom is 0.254 e. The van der Waals surface area contributed by atoms with E-state index in [1.165, 1.54) is 12.3 Å². The summed E-state index contributed by atoms with van der Waals surface area (Å²) in [6.07, 6.45) is 3.10. The van der Waals surface area contributed by atoms with E-state index in [1.54, 1.807) is 0 Å². The number of hydrogen-bond acceptors (Lipinski definition) is 4. The third kappa shape index (κ3) is 5.13. The Hall–Kier alpha value is -1.69. The van der Waals surface area contributed by atoms with Gasteiger partial charge in [0.2, 0.25) is 0 Å². The quantitative estimate of drug-likeness (QED) is 0.682. The molecule has 0 aliphatic rings. The zero-order valence-corrected chi connectivity index (χ0v) is 12.0. The van der Waals surface area contributed by atoms with Crippen molar-refractivity contribution in [2.75, 3.05) is 31.6 Å². The van der Waals surface area contributed by atoms with E-state index in [2.05, 4.69) is 15.6 Å². The maximum atomic E-state index is 14.0. The van der Waals surface area contributed by atoms with Crippen LogP contribution in [-0.4, -0.2) is 37.2 Å². The molecule has 0 saturated heterocycles. The number of nitrogens with zero attached hydrogens (tertiary/aromatic N) is 1. The summed E-state index contributed by atoms with van der Waals surface area (Å²) in [5, 5.41) is 5.45. The molecule has 1 aromatic rings. The van der Waals surface area contributed by atoms with Crippen LogP contribution in [0, 0.1) is 5.82 Å². The van der Waals surface area contributed by atoms with E-state index in [9.17, 15) is 9.18 Å². The fourth-order valence-corrected chi connectivity index (χ4v) is 1.63. The smallest absolute Gasteiger partial charge is 0.254 e. The molecule has 20 heavy (non-hydrogen) atoms. The van der Waals surface area contributed by atoms with Crippen molar-refractivity contribution in [2.24, 2.45) is 0 Å². The Bertz CT molecular complexity index is 427. The van der Waals surface area contributed by atoms with Gasteiger partial charge < -0.3 is 15.4 Å². The van der Waals surface area contributed by atoms with Gasteiger partial charge >= 0.3 is 0 Å². The first-order valence-corrected chi connectivity index (χ1v) is 6.95. The summed E-state index contributed by atoms with van der Waals surface area (Å²) in [7, 11) is 0. The van der Waals surface area contributed by atoms with Gasteiger partial charge in [-0.25, -0.2) is 9.37 Å². The third-order valence-electron chi connectivity index (χ3n) is 2.58. The average Bonchev–Trinajstić information content (AvgIpc) is 2.45. The Morgan fingerprint density at radius 2 is 2.20 bits per heavy atom. The van der Waals surface area contributed by atoms with Crippen molar-refractivity contribution < 1.29 is 13.9 Å². The first-order valence-electron chi connectivity index (χ1n) is 6.95. The molecule has 112 valence electrons. The Kier molecular flexibility index (Phi) is 7.57. The van der Waals surface area contributed by atoms with E-state index in [0.717, 1.165) is 13.0 Å². The molecular formula is C14H22FN3O2. The van der Waals surface area contributed by atoms with Crippen LogP contribution in [0.2, 0.25) is 0 Å². The largest absolute Gasteiger partial charge is 0.381 e. The molecule has 0 aliphatic carbocycles. The Morgan fingerprint density at radius 1 is 1.40 bits per heavy atom. The second-order valence-corrected chi connectivity index (χ2v) is 4.27. The average molecular weight is 283 g/mol. The van der Waals surface area contributed by atoms with E-state index in [-0.39, 0.29) is 11.4 Å². The second-order valence-electron chi connectivity index (χ2n) is 4.27. The molecule has 0 atom stereocenters. The van der Waals surface area contributed by atoms with Crippen LogP contribution in [0.5, 0.6) is 0 Å². The molecule has 1 aromatic heterocycles. The number of hydrogen-bond donors (Lipinski definition) is 2. The van der Waals surface area contributed by atoms with Gasteiger partial charge in [-0.3, -0.25) is 4.79 Å². The predicted molar refractivity (Wildman–Crippen MR) is 76.4 cm³/mol. The van der Waals surface area contributed by atoms with E-state index in [1.807, 2.05) is 13.8 Å². The van der Waals surface area contributed by atoms with Crippen molar-refractivity contribution in [3.63, 3.8) is 0 Å². The first-order chi connectivity index (χ1) is 9.70. The van der Waals surface area contributed by atoms with Gasteiger partial charge in [0.05, 0.1) is 5.56 Å². The van der Waals surface area contributed by atoms with Gasteiger partial charge in [0, 0.05) is 32.5 Å². The van der Waals surface area contributed by atoms with Gasteiger partial charge in [-0.1, -0.05) is 6.92 Å². The van der Waals surface area contributed by atoms with Crippen LogP contribution in [-0.2, 0) is 4.74 Å². The Morgan fingerprint density at radius 3 is 2.90 bits per heavy atom. The molecule has 0 unspecified atom stereocenters. The topological polar surface area (TPSA) is 63.2 Å². The number of halogens is 1. The van der Waals surface area contributed by atoms with Crippen LogP contribution in [0.25, 0.3) is 0 Å². The number of carbonyl (C=O) groups excluding carboxylic acids is 1. The number of nitrogens with one attached hydrogen (secondary N) is 2. The number of anilines is 1. The molecule has 0 aromatic carbocycles. The van der Waals surface area contributed by atoms with E-state index in [4.69, 9.17) is 4.74 Å². The van der Waals surface area contributed by atoms with Crippen molar-refractivity contribution in [3.05, 3.63) is 23.6 Å². The highest BCUT2D eigenvalue weighted by Gasteiger charge is 2.15. The van der Waals surface area contributed by atoms with Gasteiger partial charge in [0.1, 0.15) is 0 Å². The number of aromatic nitrogens is 1. The fourth-order valence-electron chi connectivity index (χ4n) is 1.63. The zero-order valence-electron chi connectivity index (χ0n) is 12.0. The summed E-state index contributed by atoms with van der Waals surface area (Å²) < 4.78 is 19.3. The number of pyridine rings is 1. The monoisotopic (exact) mass is 283 g/mol. The molecule has 0 bridgehead atoms. The number of ether oxygens (including phenoxy) is 1. The lowest BCUT2D eigenvalue weighted by atomic mass is 10.2. The molecule has 0 radical (unpaired) electrons. The first kappa shape index (κ1) is 16.4. The molecule has 6 heteroatoms. The summed E-state index contributed by atoms with van der Waals surface area (Å²) >= 11 is 0. The highest BCUT2D eigenvalue weighted by molar-refractivity contribution is 5.95. The van der Waals surface area contributed by atoms with Crippen molar-refractivity contribution in [2.45, 2.75) is 26.7 Å². The molecule has 1 rings (SSSR count). The fraction of sp³-hybridized carbons (Fsp3) is 0.571. The minimum absolute atomic E-state index is 0.00502. The van der Waals surface area contributed by atoms with Crippen molar-refractivity contribution in [1.29, 1.82) is 0 Å². The zero-order chi connectivity index (χ0) is 14.8. The summed E-state index contributed by atoms with van der Waals surface area (Å²) in [4.78, 5) is 15.7. The van der Waals surface area contributed by atoms with Crippen LogP contribution in [0.15, 0.2) is 12.3 Å². The molecule has 2 N–H and O–H groups in total. The van der Waals surface area contributed by atoms with Gasteiger partial charge in [0.25, 0.3) is 5.91 Å². The SMILES string of the molecule is CCCOCCCNC(=O)c1ccnc(NCC)c1F. The summed E-state index contributed by atoms with van der Waals surface area (Å²) in [5.74, 6) is -0.944. The maximum absolute atomic E-state index is 14.0.